The van der Waals surface area contributed by atoms with Crippen LogP contribution in [0.4, 0.5) is 0 Å². The highest BCUT2D eigenvalue weighted by molar-refractivity contribution is 9.11. The SMILES string of the molecule is CC[C@H](C#N)S(=O)(=O)N1CCc2sc(Br)cc2C1. The minimum Gasteiger partial charge on any atom is -0.211 e. The number of nitrogens with zero attached hydrogens (tertiary/aromatic N) is 2. The summed E-state index contributed by atoms with van der Waals surface area (Å²) in [5.74, 6) is 0. The zero-order valence-corrected chi connectivity index (χ0v) is 13.1. The molecule has 0 bridgehead atoms. The molecule has 0 spiro atoms. The molecule has 0 aliphatic carbocycles. The van der Waals surface area contributed by atoms with Crippen LogP contribution in [0.3, 0.4) is 0 Å². The van der Waals surface area contributed by atoms with Crippen LogP contribution in [0.15, 0.2) is 9.85 Å². The number of fused-ring (bicyclic) bond motifs is 1. The van der Waals surface area contributed by atoms with E-state index < -0.39 is 15.3 Å². The second-order valence-electron chi connectivity index (χ2n) is 4.15. The highest BCUT2D eigenvalue weighted by Crippen LogP contribution is 2.32. The summed E-state index contributed by atoms with van der Waals surface area (Å²) in [5, 5.41) is 8.00. The Bertz CT molecular complexity index is 589. The number of hydrogen-bond donors (Lipinski definition) is 0. The third-order valence-electron chi connectivity index (χ3n) is 3.04. The zero-order chi connectivity index (χ0) is 13.3. The Labute approximate surface area is 119 Å². The Morgan fingerprint density at radius 3 is 3.00 bits per heavy atom. The molecule has 1 aromatic rings. The molecule has 2 rings (SSSR count). The largest absolute Gasteiger partial charge is 0.230 e. The summed E-state index contributed by atoms with van der Waals surface area (Å²) < 4.78 is 27.0. The van der Waals surface area contributed by atoms with Crippen molar-refractivity contribution in [1.29, 1.82) is 5.26 Å². The smallest absolute Gasteiger partial charge is 0.211 e. The number of thiophene rings is 1. The molecule has 0 aromatic carbocycles. The lowest BCUT2D eigenvalue weighted by molar-refractivity contribution is 0.390. The van der Waals surface area contributed by atoms with Crippen LogP contribution in [0.25, 0.3) is 0 Å². The van der Waals surface area contributed by atoms with Gasteiger partial charge in [-0.2, -0.15) is 9.57 Å². The molecule has 4 nitrogen and oxygen atoms in total. The van der Waals surface area contributed by atoms with Gasteiger partial charge in [-0.1, -0.05) is 6.92 Å². The predicted octanol–water partition coefficient (Wildman–Crippen LogP) is 2.50. The fourth-order valence-electron chi connectivity index (χ4n) is 2.04. The highest BCUT2D eigenvalue weighted by atomic mass is 79.9. The van der Waals surface area contributed by atoms with E-state index in [4.69, 9.17) is 5.26 Å². The summed E-state index contributed by atoms with van der Waals surface area (Å²) in [6.45, 7) is 2.58. The molecular formula is C11H13BrN2O2S2. The van der Waals surface area contributed by atoms with E-state index in [0.717, 1.165) is 15.8 Å². The van der Waals surface area contributed by atoms with Crippen LogP contribution in [0, 0.1) is 11.3 Å². The van der Waals surface area contributed by atoms with E-state index in [0.29, 0.717) is 19.5 Å². The van der Waals surface area contributed by atoms with Gasteiger partial charge in [0.25, 0.3) is 0 Å². The fraction of sp³-hybridized carbons (Fsp3) is 0.545. The average molecular weight is 349 g/mol. The summed E-state index contributed by atoms with van der Waals surface area (Å²) in [6, 6.07) is 3.85. The lowest BCUT2D eigenvalue weighted by atomic mass is 10.1. The van der Waals surface area contributed by atoms with Gasteiger partial charge in [-0.3, -0.25) is 0 Å². The van der Waals surface area contributed by atoms with Crippen molar-refractivity contribution >= 4 is 37.3 Å². The molecule has 1 aliphatic heterocycles. The molecule has 0 saturated heterocycles. The second kappa shape index (κ2) is 5.29. The summed E-state index contributed by atoms with van der Waals surface area (Å²) in [4.78, 5) is 1.23. The molecule has 0 unspecified atom stereocenters. The first kappa shape index (κ1) is 14.0. The molecule has 1 atom stereocenters. The van der Waals surface area contributed by atoms with Crippen LogP contribution in [0.5, 0.6) is 0 Å². The van der Waals surface area contributed by atoms with Crippen LogP contribution in [0.2, 0.25) is 0 Å². The van der Waals surface area contributed by atoms with Gasteiger partial charge in [0.15, 0.2) is 5.25 Å². The Kier molecular flexibility index (Phi) is 4.11. The van der Waals surface area contributed by atoms with Crippen molar-refractivity contribution in [3.05, 3.63) is 20.3 Å². The van der Waals surface area contributed by atoms with Gasteiger partial charge in [-0.05, 0) is 40.4 Å². The maximum atomic E-state index is 12.3. The molecule has 0 radical (unpaired) electrons. The minimum atomic E-state index is -3.50. The van der Waals surface area contributed by atoms with Crippen LogP contribution in [-0.4, -0.2) is 24.5 Å². The van der Waals surface area contributed by atoms with Crippen LogP contribution < -0.4 is 0 Å². The number of rotatable bonds is 3. The fourth-order valence-corrected chi connectivity index (χ4v) is 5.36. The van der Waals surface area contributed by atoms with Crippen molar-refractivity contribution < 1.29 is 8.42 Å². The maximum absolute atomic E-state index is 12.3. The number of halogens is 1. The molecule has 18 heavy (non-hydrogen) atoms. The summed E-state index contributed by atoms with van der Waals surface area (Å²) >= 11 is 5.07. The van der Waals surface area contributed by atoms with Crippen molar-refractivity contribution in [2.24, 2.45) is 0 Å². The molecule has 98 valence electrons. The molecule has 1 aromatic heterocycles. The van der Waals surface area contributed by atoms with E-state index in [-0.39, 0.29) is 0 Å². The Morgan fingerprint density at radius 2 is 2.39 bits per heavy atom. The zero-order valence-electron chi connectivity index (χ0n) is 9.89. The quantitative estimate of drug-likeness (QED) is 0.842. The van der Waals surface area contributed by atoms with Gasteiger partial charge in [-0.15, -0.1) is 11.3 Å². The van der Waals surface area contributed by atoms with Crippen LogP contribution in [0.1, 0.15) is 23.8 Å². The Hall–Kier alpha value is -0.420. The summed E-state index contributed by atoms with van der Waals surface area (Å²) in [6.07, 6.45) is 1.06. The molecule has 0 saturated carbocycles. The first-order chi connectivity index (χ1) is 8.48. The molecule has 0 N–H and O–H groups in total. The molecule has 0 fully saturated rings. The van der Waals surface area contributed by atoms with Crippen molar-refractivity contribution in [3.8, 4) is 6.07 Å². The monoisotopic (exact) mass is 348 g/mol. The number of hydrogen-bond acceptors (Lipinski definition) is 4. The first-order valence-electron chi connectivity index (χ1n) is 5.64. The van der Waals surface area contributed by atoms with E-state index in [1.165, 1.54) is 9.18 Å². The van der Waals surface area contributed by atoms with Crippen LogP contribution >= 0.6 is 27.3 Å². The Balaban J connectivity index is 2.26. The van der Waals surface area contributed by atoms with E-state index in [2.05, 4.69) is 15.9 Å². The number of sulfonamides is 1. The van der Waals surface area contributed by atoms with Crippen LogP contribution in [-0.2, 0) is 23.0 Å². The van der Waals surface area contributed by atoms with E-state index in [1.54, 1.807) is 18.3 Å². The molecule has 1 aliphatic rings. The molecular weight excluding hydrogens is 336 g/mol. The first-order valence-corrected chi connectivity index (χ1v) is 8.76. The van der Waals surface area contributed by atoms with Crippen molar-refractivity contribution in [2.75, 3.05) is 6.54 Å². The van der Waals surface area contributed by atoms with Crippen molar-refractivity contribution in [1.82, 2.24) is 4.31 Å². The predicted molar refractivity (Wildman–Crippen MR) is 74.7 cm³/mol. The van der Waals surface area contributed by atoms with Gasteiger partial charge in [0.2, 0.25) is 10.0 Å². The third-order valence-corrected chi connectivity index (χ3v) is 6.97. The van der Waals surface area contributed by atoms with Crippen molar-refractivity contribution in [3.63, 3.8) is 0 Å². The molecule has 7 heteroatoms. The van der Waals surface area contributed by atoms with Gasteiger partial charge in [0.1, 0.15) is 0 Å². The molecule has 2 heterocycles. The summed E-state index contributed by atoms with van der Waals surface area (Å²) in [5.41, 5.74) is 1.05. The van der Waals surface area contributed by atoms with Gasteiger partial charge >= 0.3 is 0 Å². The third kappa shape index (κ3) is 2.48. The average Bonchev–Trinajstić information content (AvgIpc) is 2.69. The highest BCUT2D eigenvalue weighted by Gasteiger charge is 2.33. The summed E-state index contributed by atoms with van der Waals surface area (Å²) in [7, 11) is -3.50. The standard InChI is InChI=1S/C11H13BrN2O2S2/c1-2-9(6-13)18(15,16)14-4-3-10-8(7-14)5-11(12)17-10/h5,9H,2-4,7H2,1H3/t9-/m1/s1. The van der Waals surface area contributed by atoms with Gasteiger partial charge < -0.3 is 0 Å². The minimum absolute atomic E-state index is 0.329. The van der Waals surface area contributed by atoms with Gasteiger partial charge in [-0.25, -0.2) is 8.42 Å². The normalized spacial score (nSPS) is 18.1. The van der Waals surface area contributed by atoms with E-state index in [1.807, 2.05) is 12.1 Å². The Morgan fingerprint density at radius 1 is 1.67 bits per heavy atom. The van der Waals surface area contributed by atoms with E-state index in [9.17, 15) is 8.42 Å². The van der Waals surface area contributed by atoms with Crippen molar-refractivity contribution in [2.45, 2.75) is 31.6 Å². The molecule has 0 amide bonds. The maximum Gasteiger partial charge on any atom is 0.230 e. The van der Waals surface area contributed by atoms with Gasteiger partial charge in [0.05, 0.1) is 9.86 Å². The second-order valence-corrected chi connectivity index (χ2v) is 8.78. The lowest BCUT2D eigenvalue weighted by Gasteiger charge is -2.27. The number of nitriles is 1. The topological polar surface area (TPSA) is 61.2 Å². The van der Waals surface area contributed by atoms with Gasteiger partial charge in [0, 0.05) is 18.0 Å². The van der Waals surface area contributed by atoms with E-state index >= 15 is 0 Å². The lowest BCUT2D eigenvalue weighted by Crippen LogP contribution is -2.40.